The van der Waals surface area contributed by atoms with Gasteiger partial charge in [-0.3, -0.25) is 4.90 Å². The van der Waals surface area contributed by atoms with E-state index in [-0.39, 0.29) is 24.1 Å². The largest absolute Gasteiger partial charge is 0.393 e. The third-order valence-electron chi connectivity index (χ3n) is 5.40. The van der Waals surface area contributed by atoms with Gasteiger partial charge < -0.3 is 20.1 Å². The second kappa shape index (κ2) is 8.85. The van der Waals surface area contributed by atoms with Gasteiger partial charge in [-0.2, -0.15) is 0 Å². The fourth-order valence-corrected chi connectivity index (χ4v) is 3.92. The number of hydrogen-bond acceptors (Lipinski definition) is 4. The molecule has 2 fully saturated rings. The van der Waals surface area contributed by atoms with Crippen molar-refractivity contribution >= 4 is 6.03 Å². The van der Waals surface area contributed by atoms with E-state index in [2.05, 4.69) is 31.0 Å². The highest BCUT2D eigenvalue weighted by molar-refractivity contribution is 5.75. The van der Waals surface area contributed by atoms with E-state index in [0.717, 1.165) is 32.5 Å². The number of amides is 2. The third kappa shape index (κ3) is 4.58. The lowest BCUT2D eigenvalue weighted by Gasteiger charge is -2.37. The molecular formula is C17H33N3O3. The lowest BCUT2D eigenvalue weighted by molar-refractivity contribution is -0.0576. The molecule has 23 heavy (non-hydrogen) atoms. The Hall–Kier alpha value is -0.850. The molecule has 2 aliphatic rings. The van der Waals surface area contributed by atoms with Gasteiger partial charge in [0.25, 0.3) is 0 Å². The average molecular weight is 327 g/mol. The third-order valence-corrected chi connectivity index (χ3v) is 5.40. The molecule has 0 spiro atoms. The summed E-state index contributed by atoms with van der Waals surface area (Å²) in [6.45, 7) is 11.0. The van der Waals surface area contributed by atoms with Crippen LogP contribution in [0.4, 0.5) is 4.79 Å². The van der Waals surface area contributed by atoms with Gasteiger partial charge in [-0.05, 0) is 39.3 Å². The maximum Gasteiger partial charge on any atom is 0.317 e. The van der Waals surface area contributed by atoms with Crippen LogP contribution in [-0.4, -0.2) is 78.5 Å². The monoisotopic (exact) mass is 327 g/mol. The van der Waals surface area contributed by atoms with Gasteiger partial charge in [0.1, 0.15) is 0 Å². The molecule has 0 bridgehead atoms. The van der Waals surface area contributed by atoms with Gasteiger partial charge in [0.15, 0.2) is 0 Å². The van der Waals surface area contributed by atoms with Crippen LogP contribution in [0, 0.1) is 5.92 Å². The number of hydrogen-bond donors (Lipinski definition) is 2. The Morgan fingerprint density at radius 3 is 2.78 bits per heavy atom. The number of rotatable bonds is 6. The standard InChI is InChI=1S/C17H33N3O3/c1-4-19(5-2)13(3)11-18-17(22)20-9-6-7-15(20)14-12-23-10-8-16(14)21/h13-16,21H,4-12H2,1-3H3,(H,18,22)/t13-,14-,15-,16+/m1/s1. The minimum atomic E-state index is -0.350. The number of aliphatic hydroxyl groups excluding tert-OH is 1. The molecular weight excluding hydrogens is 294 g/mol. The lowest BCUT2D eigenvalue weighted by Crippen LogP contribution is -2.52. The van der Waals surface area contributed by atoms with Crippen molar-refractivity contribution in [3.05, 3.63) is 0 Å². The van der Waals surface area contributed by atoms with E-state index in [1.165, 1.54) is 0 Å². The lowest BCUT2D eigenvalue weighted by atomic mass is 9.89. The normalized spacial score (nSPS) is 29.8. The summed E-state index contributed by atoms with van der Waals surface area (Å²) in [5, 5.41) is 13.3. The maximum absolute atomic E-state index is 12.6. The number of carbonyl (C=O) groups excluding carboxylic acids is 1. The van der Waals surface area contributed by atoms with Crippen molar-refractivity contribution in [1.82, 2.24) is 15.1 Å². The van der Waals surface area contributed by atoms with Crippen molar-refractivity contribution in [2.24, 2.45) is 5.92 Å². The van der Waals surface area contributed by atoms with Crippen LogP contribution in [0.1, 0.15) is 40.0 Å². The second-order valence-electron chi connectivity index (χ2n) is 6.75. The predicted octanol–water partition coefficient (Wildman–Crippen LogP) is 1.29. The number of aliphatic hydroxyl groups is 1. The maximum atomic E-state index is 12.6. The van der Waals surface area contributed by atoms with Gasteiger partial charge in [0, 0.05) is 37.7 Å². The van der Waals surface area contributed by atoms with Crippen molar-refractivity contribution in [3.63, 3.8) is 0 Å². The van der Waals surface area contributed by atoms with Gasteiger partial charge in [-0.1, -0.05) is 13.8 Å². The molecule has 4 atom stereocenters. The molecule has 0 aromatic heterocycles. The Morgan fingerprint density at radius 2 is 2.13 bits per heavy atom. The van der Waals surface area contributed by atoms with Gasteiger partial charge >= 0.3 is 6.03 Å². The minimum Gasteiger partial charge on any atom is -0.393 e. The first-order valence-corrected chi connectivity index (χ1v) is 9.12. The first-order chi connectivity index (χ1) is 11.1. The van der Waals surface area contributed by atoms with E-state index in [1.54, 1.807) is 0 Å². The van der Waals surface area contributed by atoms with Crippen LogP contribution in [0.2, 0.25) is 0 Å². The quantitative estimate of drug-likeness (QED) is 0.771. The number of carbonyl (C=O) groups is 1. The molecule has 0 unspecified atom stereocenters. The molecule has 0 aliphatic carbocycles. The van der Waals surface area contributed by atoms with E-state index in [1.807, 2.05) is 4.90 Å². The number of likely N-dealkylation sites (N-methyl/N-ethyl adjacent to an activating group) is 1. The van der Waals surface area contributed by atoms with E-state index in [9.17, 15) is 9.90 Å². The van der Waals surface area contributed by atoms with E-state index >= 15 is 0 Å². The molecule has 0 radical (unpaired) electrons. The Balaban J connectivity index is 1.87. The summed E-state index contributed by atoms with van der Waals surface area (Å²) in [4.78, 5) is 16.8. The molecule has 134 valence electrons. The first kappa shape index (κ1) is 18.5. The SMILES string of the molecule is CCN(CC)[C@H](C)CNC(=O)N1CCC[C@@H]1[C@H]1COCC[C@@H]1O. The van der Waals surface area contributed by atoms with Crippen molar-refractivity contribution in [3.8, 4) is 0 Å². The van der Waals surface area contributed by atoms with Crippen LogP contribution < -0.4 is 5.32 Å². The summed E-state index contributed by atoms with van der Waals surface area (Å²) in [6, 6.07) is 0.442. The van der Waals surface area contributed by atoms with E-state index < -0.39 is 0 Å². The molecule has 6 heteroatoms. The van der Waals surface area contributed by atoms with Crippen molar-refractivity contribution in [2.75, 3.05) is 39.4 Å². The highest BCUT2D eigenvalue weighted by Crippen LogP contribution is 2.29. The Bertz CT molecular complexity index is 376. The number of ether oxygens (including phenoxy) is 1. The van der Waals surface area contributed by atoms with Crippen molar-refractivity contribution in [2.45, 2.75) is 58.2 Å². The van der Waals surface area contributed by atoms with E-state index in [4.69, 9.17) is 4.74 Å². The number of likely N-dealkylation sites (tertiary alicyclic amines) is 1. The summed E-state index contributed by atoms with van der Waals surface area (Å²) in [7, 11) is 0. The van der Waals surface area contributed by atoms with Gasteiger partial charge in [-0.15, -0.1) is 0 Å². The predicted molar refractivity (Wildman–Crippen MR) is 90.4 cm³/mol. The molecule has 0 aromatic rings. The Kier molecular flexibility index (Phi) is 7.11. The molecule has 6 nitrogen and oxygen atoms in total. The molecule has 0 saturated carbocycles. The summed E-state index contributed by atoms with van der Waals surface area (Å²) >= 11 is 0. The summed E-state index contributed by atoms with van der Waals surface area (Å²) < 4.78 is 5.53. The van der Waals surface area contributed by atoms with Crippen molar-refractivity contribution < 1.29 is 14.6 Å². The fraction of sp³-hybridized carbons (Fsp3) is 0.941. The molecule has 2 saturated heterocycles. The highest BCUT2D eigenvalue weighted by atomic mass is 16.5. The van der Waals surface area contributed by atoms with Crippen molar-refractivity contribution in [1.29, 1.82) is 0 Å². The molecule has 2 aliphatic heterocycles. The van der Waals surface area contributed by atoms with E-state index in [0.29, 0.717) is 32.2 Å². The van der Waals surface area contributed by atoms with Gasteiger partial charge in [0.2, 0.25) is 0 Å². The topological polar surface area (TPSA) is 65.0 Å². The molecule has 2 rings (SSSR count). The molecule has 2 amide bonds. The number of urea groups is 1. The Labute approximate surface area is 140 Å². The smallest absolute Gasteiger partial charge is 0.317 e. The molecule has 2 heterocycles. The van der Waals surface area contributed by atoms with Crippen LogP contribution in [0.3, 0.4) is 0 Å². The summed E-state index contributed by atoms with van der Waals surface area (Å²) in [6.07, 6.45) is 2.30. The zero-order valence-corrected chi connectivity index (χ0v) is 14.8. The minimum absolute atomic E-state index is 0.00396. The number of nitrogens with one attached hydrogen (secondary N) is 1. The van der Waals surface area contributed by atoms with Crippen LogP contribution >= 0.6 is 0 Å². The fourth-order valence-electron chi connectivity index (χ4n) is 3.92. The van der Waals surface area contributed by atoms with Gasteiger partial charge in [-0.25, -0.2) is 4.79 Å². The molecule has 0 aromatic carbocycles. The van der Waals surface area contributed by atoms with Crippen LogP contribution in [0.25, 0.3) is 0 Å². The zero-order chi connectivity index (χ0) is 16.8. The zero-order valence-electron chi connectivity index (χ0n) is 14.8. The second-order valence-corrected chi connectivity index (χ2v) is 6.75. The first-order valence-electron chi connectivity index (χ1n) is 9.12. The summed E-state index contributed by atoms with van der Waals surface area (Å²) in [5.41, 5.74) is 0. The van der Waals surface area contributed by atoms with Crippen LogP contribution in [0.5, 0.6) is 0 Å². The summed E-state index contributed by atoms with van der Waals surface area (Å²) in [5.74, 6) is 0.0530. The van der Waals surface area contributed by atoms with Gasteiger partial charge in [0.05, 0.1) is 12.7 Å². The van der Waals surface area contributed by atoms with Crippen LogP contribution in [0.15, 0.2) is 0 Å². The Morgan fingerprint density at radius 1 is 1.39 bits per heavy atom. The highest BCUT2D eigenvalue weighted by Gasteiger charge is 2.39. The average Bonchev–Trinajstić information content (AvgIpc) is 3.03. The number of nitrogens with zero attached hydrogens (tertiary/aromatic N) is 2. The van der Waals surface area contributed by atoms with Crippen LogP contribution in [-0.2, 0) is 4.74 Å². The molecule has 2 N–H and O–H groups in total.